The van der Waals surface area contributed by atoms with Crippen LogP contribution in [0, 0.1) is 10.1 Å². The molecule has 1 amide bonds. The van der Waals surface area contributed by atoms with E-state index >= 15 is 0 Å². The first-order valence-electron chi connectivity index (χ1n) is 7.58. The molecule has 0 spiro atoms. The number of nitro benzene ring substituents is 1. The van der Waals surface area contributed by atoms with Gasteiger partial charge >= 0.3 is 5.63 Å². The topological polar surface area (TPSA) is 115 Å². The molecule has 130 valence electrons. The molecule has 1 N–H and O–H groups in total. The first-order chi connectivity index (χ1) is 12.5. The highest BCUT2D eigenvalue weighted by atomic mass is 16.6. The van der Waals surface area contributed by atoms with E-state index < -0.39 is 16.5 Å². The van der Waals surface area contributed by atoms with E-state index in [9.17, 15) is 19.7 Å². The van der Waals surface area contributed by atoms with Gasteiger partial charge in [-0.15, -0.1) is 0 Å². The van der Waals surface area contributed by atoms with Crippen molar-refractivity contribution in [2.45, 2.75) is 6.92 Å². The van der Waals surface area contributed by atoms with Crippen molar-refractivity contribution < 1.29 is 14.1 Å². The van der Waals surface area contributed by atoms with Crippen LogP contribution in [0.4, 0.5) is 5.69 Å². The fourth-order valence-corrected chi connectivity index (χ4v) is 2.31. The summed E-state index contributed by atoms with van der Waals surface area (Å²) in [6, 6.07) is 13.8. The van der Waals surface area contributed by atoms with Gasteiger partial charge in [-0.1, -0.05) is 18.2 Å². The van der Waals surface area contributed by atoms with Crippen molar-refractivity contribution >= 4 is 28.3 Å². The summed E-state index contributed by atoms with van der Waals surface area (Å²) in [4.78, 5) is 34.2. The summed E-state index contributed by atoms with van der Waals surface area (Å²) in [5.41, 5.74) is 2.82. The second kappa shape index (κ2) is 6.98. The summed E-state index contributed by atoms with van der Waals surface area (Å²) in [5.74, 6) is -0.551. The quantitative estimate of drug-likeness (QED) is 0.336. The van der Waals surface area contributed by atoms with Crippen molar-refractivity contribution in [3.8, 4) is 0 Å². The van der Waals surface area contributed by atoms with E-state index in [1.807, 2.05) is 6.07 Å². The van der Waals surface area contributed by atoms with Gasteiger partial charge in [0.2, 0.25) is 0 Å². The number of nitrogens with one attached hydrogen (secondary N) is 1. The predicted molar refractivity (Wildman–Crippen MR) is 95.3 cm³/mol. The van der Waals surface area contributed by atoms with E-state index in [-0.39, 0.29) is 22.5 Å². The number of rotatable bonds is 4. The number of benzene rings is 2. The fraction of sp³-hybridized carbons (Fsp3) is 0.0556. The van der Waals surface area contributed by atoms with Gasteiger partial charge in [0.1, 0.15) is 5.58 Å². The van der Waals surface area contributed by atoms with Crippen LogP contribution >= 0.6 is 0 Å². The zero-order valence-electron chi connectivity index (χ0n) is 13.6. The molecule has 8 heteroatoms. The van der Waals surface area contributed by atoms with Gasteiger partial charge in [-0.25, -0.2) is 10.2 Å². The van der Waals surface area contributed by atoms with E-state index in [0.29, 0.717) is 5.58 Å². The first-order valence-corrected chi connectivity index (χ1v) is 7.58. The molecule has 1 aromatic heterocycles. The molecular formula is C18H13N3O5. The minimum Gasteiger partial charge on any atom is -0.422 e. The lowest BCUT2D eigenvalue weighted by atomic mass is 10.1. The van der Waals surface area contributed by atoms with Gasteiger partial charge in [0, 0.05) is 23.1 Å². The number of hydrazone groups is 1. The van der Waals surface area contributed by atoms with Crippen molar-refractivity contribution in [2.75, 3.05) is 0 Å². The van der Waals surface area contributed by atoms with E-state index in [2.05, 4.69) is 10.5 Å². The molecule has 0 bridgehead atoms. The van der Waals surface area contributed by atoms with Crippen molar-refractivity contribution in [3.05, 3.63) is 86.3 Å². The molecule has 26 heavy (non-hydrogen) atoms. The Morgan fingerprint density at radius 3 is 2.54 bits per heavy atom. The van der Waals surface area contributed by atoms with Gasteiger partial charge in [-0.05, 0) is 31.2 Å². The number of fused-ring (bicyclic) bond motifs is 1. The molecule has 0 fully saturated rings. The number of nitro groups is 1. The second-order valence-electron chi connectivity index (χ2n) is 5.43. The molecule has 1 heterocycles. The highest BCUT2D eigenvalue weighted by molar-refractivity contribution is 6.02. The number of hydrogen-bond donors (Lipinski definition) is 1. The largest absolute Gasteiger partial charge is 0.422 e. The molecule has 0 atom stereocenters. The standard InChI is InChI=1S/C18H13N3O5/c1-11(15-10-13-4-2-3-5-16(13)26-18(15)23)19-20-17(22)12-6-8-14(9-7-12)21(24)25/h2-10H,1H3,(H,20,22)/b19-11+. The third-order valence-corrected chi connectivity index (χ3v) is 3.70. The molecule has 3 aromatic rings. The third-order valence-electron chi connectivity index (χ3n) is 3.70. The Bertz CT molecular complexity index is 1080. The summed E-state index contributed by atoms with van der Waals surface area (Å²) >= 11 is 0. The number of carbonyl (C=O) groups excluding carboxylic acids is 1. The Balaban J connectivity index is 1.81. The number of para-hydroxylation sites is 1. The summed E-state index contributed by atoms with van der Waals surface area (Å²) < 4.78 is 5.23. The van der Waals surface area contributed by atoms with Gasteiger partial charge in [-0.2, -0.15) is 5.10 Å². The Morgan fingerprint density at radius 1 is 1.15 bits per heavy atom. The van der Waals surface area contributed by atoms with Crippen LogP contribution in [0.25, 0.3) is 11.0 Å². The summed E-state index contributed by atoms with van der Waals surface area (Å²) in [6.45, 7) is 1.57. The first kappa shape index (κ1) is 17.0. The monoisotopic (exact) mass is 351 g/mol. The Hall–Kier alpha value is -3.81. The Kier molecular flexibility index (Phi) is 4.57. The minimum atomic E-state index is -0.561. The number of hydrogen-bond acceptors (Lipinski definition) is 6. The lowest BCUT2D eigenvalue weighted by molar-refractivity contribution is -0.384. The number of amides is 1. The Labute approximate surface area is 146 Å². The van der Waals surface area contributed by atoms with E-state index in [4.69, 9.17) is 4.42 Å². The molecule has 0 aliphatic heterocycles. The van der Waals surface area contributed by atoms with Crippen molar-refractivity contribution in [1.82, 2.24) is 5.43 Å². The number of nitrogens with zero attached hydrogens (tertiary/aromatic N) is 2. The highest BCUT2D eigenvalue weighted by Crippen LogP contribution is 2.13. The van der Waals surface area contributed by atoms with Gasteiger partial charge in [0.25, 0.3) is 11.6 Å². The van der Waals surface area contributed by atoms with Gasteiger partial charge in [0.15, 0.2) is 0 Å². The van der Waals surface area contributed by atoms with Crippen LogP contribution in [0.1, 0.15) is 22.8 Å². The SMILES string of the molecule is C/C(=N\NC(=O)c1ccc([N+](=O)[O-])cc1)c1cc2ccccc2oc1=O. The number of non-ortho nitro benzene ring substituents is 1. The lowest BCUT2D eigenvalue weighted by Gasteiger charge is -2.03. The Morgan fingerprint density at radius 2 is 1.85 bits per heavy atom. The molecule has 0 radical (unpaired) electrons. The zero-order chi connectivity index (χ0) is 18.7. The minimum absolute atomic E-state index is 0.116. The average molecular weight is 351 g/mol. The van der Waals surface area contributed by atoms with Crippen molar-refractivity contribution in [3.63, 3.8) is 0 Å². The maximum absolute atomic E-state index is 12.1. The van der Waals surface area contributed by atoms with Gasteiger partial charge in [0.05, 0.1) is 16.2 Å². The third kappa shape index (κ3) is 3.48. The van der Waals surface area contributed by atoms with Gasteiger partial charge < -0.3 is 4.42 Å². The average Bonchev–Trinajstić information content (AvgIpc) is 2.65. The summed E-state index contributed by atoms with van der Waals surface area (Å²) in [6.07, 6.45) is 0. The number of carbonyl (C=O) groups is 1. The molecule has 0 saturated heterocycles. The highest BCUT2D eigenvalue weighted by Gasteiger charge is 2.11. The maximum atomic E-state index is 12.1. The molecule has 2 aromatic carbocycles. The molecule has 0 aliphatic rings. The molecule has 0 aliphatic carbocycles. The molecule has 0 saturated carbocycles. The van der Waals surface area contributed by atoms with Gasteiger partial charge in [-0.3, -0.25) is 14.9 Å². The molecule has 8 nitrogen and oxygen atoms in total. The van der Waals surface area contributed by atoms with Crippen LogP contribution in [-0.4, -0.2) is 16.5 Å². The molecular weight excluding hydrogens is 338 g/mol. The molecule has 3 rings (SSSR count). The van der Waals surface area contributed by atoms with E-state index in [1.54, 1.807) is 31.2 Å². The smallest absolute Gasteiger partial charge is 0.345 e. The van der Waals surface area contributed by atoms with Crippen LogP contribution in [0.15, 0.2) is 68.9 Å². The predicted octanol–water partition coefficient (Wildman–Crippen LogP) is 2.86. The van der Waals surface area contributed by atoms with Crippen LogP contribution < -0.4 is 11.1 Å². The zero-order valence-corrected chi connectivity index (χ0v) is 13.6. The van der Waals surface area contributed by atoms with Crippen LogP contribution in [0.3, 0.4) is 0 Å². The van der Waals surface area contributed by atoms with Crippen LogP contribution in [-0.2, 0) is 0 Å². The summed E-state index contributed by atoms with van der Waals surface area (Å²) in [7, 11) is 0. The van der Waals surface area contributed by atoms with Crippen LogP contribution in [0.5, 0.6) is 0 Å². The lowest BCUT2D eigenvalue weighted by Crippen LogP contribution is -2.21. The van der Waals surface area contributed by atoms with Crippen molar-refractivity contribution in [1.29, 1.82) is 0 Å². The van der Waals surface area contributed by atoms with Crippen LogP contribution in [0.2, 0.25) is 0 Å². The summed E-state index contributed by atoms with van der Waals surface area (Å²) in [5, 5.41) is 15.3. The van der Waals surface area contributed by atoms with E-state index in [0.717, 1.165) is 5.39 Å². The second-order valence-corrected chi connectivity index (χ2v) is 5.43. The molecule has 0 unspecified atom stereocenters. The fourth-order valence-electron chi connectivity index (χ4n) is 2.31. The van der Waals surface area contributed by atoms with Crippen molar-refractivity contribution in [2.24, 2.45) is 5.10 Å². The normalized spacial score (nSPS) is 11.3. The maximum Gasteiger partial charge on any atom is 0.345 e. The van der Waals surface area contributed by atoms with E-state index in [1.165, 1.54) is 24.3 Å².